The molecule has 4 aromatic rings. The molecule has 144 valence electrons. The van der Waals surface area contributed by atoms with Crippen molar-refractivity contribution in [1.29, 1.82) is 0 Å². The molecule has 0 aliphatic heterocycles. The summed E-state index contributed by atoms with van der Waals surface area (Å²) < 4.78 is 12.8. The van der Waals surface area contributed by atoms with Crippen molar-refractivity contribution in [2.75, 3.05) is 5.32 Å². The zero-order valence-electron chi connectivity index (χ0n) is 15.4. The first-order valence-electron chi connectivity index (χ1n) is 9.27. The lowest BCUT2D eigenvalue weighted by atomic mass is 10.2. The van der Waals surface area contributed by atoms with E-state index in [-0.39, 0.29) is 11.6 Å². The highest BCUT2D eigenvalue weighted by atomic mass is 16.5. The van der Waals surface area contributed by atoms with Gasteiger partial charge in [-0.1, -0.05) is 5.16 Å². The Hall–Kier alpha value is -3.94. The summed E-state index contributed by atoms with van der Waals surface area (Å²) >= 11 is 0. The number of ether oxygens (including phenoxy) is 1. The number of amides is 1. The van der Waals surface area contributed by atoms with Gasteiger partial charge in [-0.2, -0.15) is 0 Å². The summed E-state index contributed by atoms with van der Waals surface area (Å²) in [6, 6.07) is 16.1. The van der Waals surface area contributed by atoms with Crippen LogP contribution in [0.2, 0.25) is 0 Å². The van der Waals surface area contributed by atoms with E-state index in [4.69, 9.17) is 9.26 Å². The molecule has 1 aliphatic rings. The third kappa shape index (κ3) is 3.86. The molecule has 0 unspecified atom stereocenters. The number of nitrogens with one attached hydrogen (secondary N) is 1. The standard InChI is InChI=1S/C21H17N5O3/c27-21(17-13-18(29-25-17)14-3-4-14)22-15-5-7-16(8-6-15)28-20-10-9-19(23-24-20)26-11-1-2-12-26/h1-2,5-14H,3-4H2,(H,22,27). The van der Waals surface area contributed by atoms with E-state index in [9.17, 15) is 4.79 Å². The molecule has 1 amide bonds. The van der Waals surface area contributed by atoms with E-state index >= 15 is 0 Å². The smallest absolute Gasteiger partial charge is 0.277 e. The second-order valence-electron chi connectivity index (χ2n) is 6.79. The summed E-state index contributed by atoms with van der Waals surface area (Å²) in [6.45, 7) is 0. The fourth-order valence-corrected chi connectivity index (χ4v) is 2.87. The van der Waals surface area contributed by atoms with Crippen molar-refractivity contribution in [3.05, 3.63) is 78.4 Å². The highest BCUT2D eigenvalue weighted by Crippen LogP contribution is 2.40. The van der Waals surface area contributed by atoms with E-state index in [0.29, 0.717) is 29.1 Å². The van der Waals surface area contributed by atoms with E-state index in [1.807, 2.05) is 35.2 Å². The van der Waals surface area contributed by atoms with Crippen molar-refractivity contribution in [1.82, 2.24) is 19.9 Å². The number of aromatic nitrogens is 4. The van der Waals surface area contributed by atoms with Crippen LogP contribution < -0.4 is 10.1 Å². The Morgan fingerprint density at radius 3 is 2.55 bits per heavy atom. The molecule has 3 aromatic heterocycles. The summed E-state index contributed by atoms with van der Waals surface area (Å²) in [4.78, 5) is 12.3. The Kier molecular flexibility index (Phi) is 4.28. The molecular weight excluding hydrogens is 370 g/mol. The number of hydrogen-bond donors (Lipinski definition) is 1. The molecule has 8 nitrogen and oxygen atoms in total. The van der Waals surface area contributed by atoms with Crippen LogP contribution in [-0.4, -0.2) is 25.8 Å². The number of carbonyl (C=O) groups is 1. The lowest BCUT2D eigenvalue weighted by molar-refractivity contribution is 0.101. The fourth-order valence-electron chi connectivity index (χ4n) is 2.87. The van der Waals surface area contributed by atoms with Gasteiger partial charge in [0, 0.05) is 36.1 Å². The van der Waals surface area contributed by atoms with Crippen LogP contribution in [-0.2, 0) is 0 Å². The van der Waals surface area contributed by atoms with Crippen LogP contribution in [0.1, 0.15) is 35.0 Å². The van der Waals surface area contributed by atoms with Gasteiger partial charge in [0.1, 0.15) is 11.5 Å². The minimum Gasteiger partial charge on any atom is -0.438 e. The van der Waals surface area contributed by atoms with E-state index < -0.39 is 0 Å². The maximum absolute atomic E-state index is 12.3. The maximum atomic E-state index is 12.3. The quantitative estimate of drug-likeness (QED) is 0.533. The first kappa shape index (κ1) is 17.2. The maximum Gasteiger partial charge on any atom is 0.277 e. The molecule has 8 heteroatoms. The first-order chi connectivity index (χ1) is 14.2. The van der Waals surface area contributed by atoms with Gasteiger partial charge in [-0.3, -0.25) is 4.79 Å². The average molecular weight is 387 g/mol. The predicted molar refractivity (Wildman–Crippen MR) is 104 cm³/mol. The van der Waals surface area contributed by atoms with E-state index in [0.717, 1.165) is 18.6 Å². The number of carbonyl (C=O) groups excluding carboxylic acids is 1. The summed E-state index contributed by atoms with van der Waals surface area (Å²) in [6.07, 6.45) is 5.97. The molecular formula is C21H17N5O3. The molecule has 1 aromatic carbocycles. The van der Waals surface area contributed by atoms with Crippen molar-refractivity contribution >= 4 is 11.6 Å². The molecule has 0 saturated heterocycles. The van der Waals surface area contributed by atoms with Gasteiger partial charge in [0.25, 0.3) is 5.91 Å². The molecule has 0 atom stereocenters. The fraction of sp³-hybridized carbons (Fsp3) is 0.143. The van der Waals surface area contributed by atoms with Gasteiger partial charge in [-0.25, -0.2) is 0 Å². The molecule has 1 saturated carbocycles. The lowest BCUT2D eigenvalue weighted by Gasteiger charge is -2.07. The van der Waals surface area contributed by atoms with Gasteiger partial charge in [0.05, 0.1) is 0 Å². The second-order valence-corrected chi connectivity index (χ2v) is 6.79. The molecule has 5 rings (SSSR count). The van der Waals surface area contributed by atoms with E-state index in [1.54, 1.807) is 36.4 Å². The van der Waals surface area contributed by atoms with Crippen LogP contribution >= 0.6 is 0 Å². The highest BCUT2D eigenvalue weighted by Gasteiger charge is 2.28. The number of rotatable bonds is 6. The van der Waals surface area contributed by atoms with Gasteiger partial charge >= 0.3 is 0 Å². The molecule has 0 radical (unpaired) electrons. The Bertz CT molecular complexity index is 1110. The molecule has 1 aliphatic carbocycles. The Labute approximate surface area is 166 Å². The zero-order chi connectivity index (χ0) is 19.6. The lowest BCUT2D eigenvalue weighted by Crippen LogP contribution is -2.12. The summed E-state index contributed by atoms with van der Waals surface area (Å²) in [5, 5.41) is 14.9. The van der Waals surface area contributed by atoms with Crippen molar-refractivity contribution in [2.45, 2.75) is 18.8 Å². The van der Waals surface area contributed by atoms with Crippen molar-refractivity contribution in [2.24, 2.45) is 0 Å². The SMILES string of the molecule is O=C(Nc1ccc(Oc2ccc(-n3cccc3)nn2)cc1)c1cc(C2CC2)on1. The van der Waals surface area contributed by atoms with Crippen LogP contribution in [0.25, 0.3) is 5.82 Å². The van der Waals surface area contributed by atoms with Crippen LogP contribution in [0.15, 0.2) is 71.5 Å². The monoisotopic (exact) mass is 387 g/mol. The third-order valence-corrected chi connectivity index (χ3v) is 4.57. The average Bonchev–Trinajstić information content (AvgIpc) is 3.24. The van der Waals surface area contributed by atoms with Crippen molar-refractivity contribution < 1.29 is 14.1 Å². The van der Waals surface area contributed by atoms with Crippen molar-refractivity contribution in [3.63, 3.8) is 0 Å². The van der Waals surface area contributed by atoms with Gasteiger partial charge in [0.2, 0.25) is 5.88 Å². The predicted octanol–water partition coefficient (Wildman–Crippen LogP) is 4.18. The number of hydrogen-bond acceptors (Lipinski definition) is 6. The molecule has 1 fully saturated rings. The minimum atomic E-state index is -0.305. The second kappa shape index (κ2) is 7.23. The Morgan fingerprint density at radius 1 is 1.07 bits per heavy atom. The molecule has 3 heterocycles. The summed E-state index contributed by atoms with van der Waals surface area (Å²) in [5.41, 5.74) is 0.914. The minimum absolute atomic E-state index is 0.283. The largest absolute Gasteiger partial charge is 0.438 e. The summed E-state index contributed by atoms with van der Waals surface area (Å²) in [5.74, 6) is 2.57. The van der Waals surface area contributed by atoms with Gasteiger partial charge in [-0.05, 0) is 55.3 Å². The molecule has 0 spiro atoms. The molecule has 1 N–H and O–H groups in total. The highest BCUT2D eigenvalue weighted by molar-refractivity contribution is 6.02. The van der Waals surface area contributed by atoms with E-state index in [2.05, 4.69) is 20.7 Å². The number of benzene rings is 1. The number of nitrogens with zero attached hydrogens (tertiary/aromatic N) is 4. The van der Waals surface area contributed by atoms with Crippen molar-refractivity contribution in [3.8, 4) is 17.4 Å². The Morgan fingerprint density at radius 2 is 1.86 bits per heavy atom. The molecule has 0 bridgehead atoms. The number of anilines is 1. The van der Waals surface area contributed by atoms with Gasteiger partial charge < -0.3 is 19.1 Å². The normalized spacial score (nSPS) is 13.2. The third-order valence-electron chi connectivity index (χ3n) is 4.57. The first-order valence-corrected chi connectivity index (χ1v) is 9.27. The molecule has 29 heavy (non-hydrogen) atoms. The summed E-state index contributed by atoms with van der Waals surface area (Å²) in [7, 11) is 0. The zero-order valence-corrected chi connectivity index (χ0v) is 15.4. The van der Waals surface area contributed by atoms with Crippen LogP contribution in [0.3, 0.4) is 0 Å². The topological polar surface area (TPSA) is 95.1 Å². The van der Waals surface area contributed by atoms with Gasteiger partial charge in [-0.15, -0.1) is 10.2 Å². The van der Waals surface area contributed by atoms with Gasteiger partial charge in [0.15, 0.2) is 11.5 Å². The van der Waals surface area contributed by atoms with E-state index in [1.165, 1.54) is 0 Å². The van der Waals surface area contributed by atoms with Crippen LogP contribution in [0.4, 0.5) is 5.69 Å². The van der Waals surface area contributed by atoms with Crippen LogP contribution in [0.5, 0.6) is 11.6 Å². The van der Waals surface area contributed by atoms with Crippen LogP contribution in [0, 0.1) is 0 Å². The Balaban J connectivity index is 1.21.